The Bertz CT molecular complexity index is 517. The number of nitrogens with one attached hydrogen (secondary N) is 1. The van der Waals surface area contributed by atoms with Crippen LogP contribution < -0.4 is 11.3 Å². The van der Waals surface area contributed by atoms with Crippen LogP contribution in [-0.2, 0) is 0 Å². The fourth-order valence-electron chi connectivity index (χ4n) is 2.08. The molecule has 1 aromatic carbocycles. The summed E-state index contributed by atoms with van der Waals surface area (Å²) in [6.45, 7) is 6.35. The van der Waals surface area contributed by atoms with E-state index in [9.17, 15) is 0 Å². The zero-order valence-corrected chi connectivity index (χ0v) is 11.3. The van der Waals surface area contributed by atoms with Crippen molar-refractivity contribution < 1.29 is 0 Å². The molecular formula is C14H18N2S. The molecule has 1 unspecified atom stereocenters. The van der Waals surface area contributed by atoms with Crippen LogP contribution in [0.1, 0.15) is 32.5 Å². The van der Waals surface area contributed by atoms with Gasteiger partial charge in [0.15, 0.2) is 0 Å². The SMILES string of the molecule is Cc1ccc(C(NN)c2ccc(C)s2)c(C)c1. The van der Waals surface area contributed by atoms with Crippen molar-refractivity contribution >= 4 is 11.3 Å². The summed E-state index contributed by atoms with van der Waals surface area (Å²) in [5, 5.41) is 0. The van der Waals surface area contributed by atoms with Gasteiger partial charge in [-0.15, -0.1) is 11.3 Å². The first-order valence-electron chi connectivity index (χ1n) is 5.71. The summed E-state index contributed by atoms with van der Waals surface area (Å²) in [7, 11) is 0. The fourth-order valence-corrected chi connectivity index (χ4v) is 3.04. The van der Waals surface area contributed by atoms with Crippen LogP contribution in [0.5, 0.6) is 0 Å². The molecule has 1 aromatic heterocycles. The molecule has 3 heteroatoms. The van der Waals surface area contributed by atoms with Gasteiger partial charge >= 0.3 is 0 Å². The molecule has 0 radical (unpaired) electrons. The molecular weight excluding hydrogens is 228 g/mol. The average Bonchev–Trinajstić information content (AvgIpc) is 2.69. The summed E-state index contributed by atoms with van der Waals surface area (Å²) < 4.78 is 0. The van der Waals surface area contributed by atoms with Crippen molar-refractivity contribution in [2.45, 2.75) is 26.8 Å². The van der Waals surface area contributed by atoms with E-state index < -0.39 is 0 Å². The molecule has 90 valence electrons. The van der Waals surface area contributed by atoms with Gasteiger partial charge in [-0.3, -0.25) is 5.84 Å². The van der Waals surface area contributed by atoms with E-state index in [1.807, 2.05) is 0 Å². The molecule has 0 amide bonds. The molecule has 2 rings (SSSR count). The van der Waals surface area contributed by atoms with Gasteiger partial charge in [-0.05, 0) is 44.0 Å². The Kier molecular flexibility index (Phi) is 3.62. The molecule has 2 nitrogen and oxygen atoms in total. The van der Waals surface area contributed by atoms with Gasteiger partial charge in [0.05, 0.1) is 6.04 Å². The lowest BCUT2D eigenvalue weighted by Crippen LogP contribution is -2.28. The minimum Gasteiger partial charge on any atom is -0.271 e. The number of rotatable bonds is 3. The van der Waals surface area contributed by atoms with Gasteiger partial charge in [0.1, 0.15) is 0 Å². The monoisotopic (exact) mass is 246 g/mol. The predicted octanol–water partition coefficient (Wildman–Crippen LogP) is 3.23. The van der Waals surface area contributed by atoms with Crippen molar-refractivity contribution in [3.63, 3.8) is 0 Å². The Balaban J connectivity index is 2.42. The van der Waals surface area contributed by atoms with Gasteiger partial charge in [0.25, 0.3) is 0 Å². The van der Waals surface area contributed by atoms with Gasteiger partial charge in [-0.25, -0.2) is 5.43 Å². The largest absolute Gasteiger partial charge is 0.271 e. The molecule has 1 atom stereocenters. The molecule has 0 aliphatic carbocycles. The summed E-state index contributed by atoms with van der Waals surface area (Å²) >= 11 is 1.79. The van der Waals surface area contributed by atoms with Crippen molar-refractivity contribution in [3.8, 4) is 0 Å². The van der Waals surface area contributed by atoms with E-state index >= 15 is 0 Å². The maximum absolute atomic E-state index is 5.71. The first kappa shape index (κ1) is 12.3. The van der Waals surface area contributed by atoms with E-state index in [0.29, 0.717) is 0 Å². The van der Waals surface area contributed by atoms with Crippen LogP contribution in [0.15, 0.2) is 30.3 Å². The van der Waals surface area contributed by atoms with Crippen LogP contribution in [0.4, 0.5) is 0 Å². The number of hydrazine groups is 1. The third-order valence-corrected chi connectivity index (χ3v) is 4.01. The smallest absolute Gasteiger partial charge is 0.0805 e. The molecule has 0 saturated carbocycles. The first-order chi connectivity index (χ1) is 8.11. The van der Waals surface area contributed by atoms with Gasteiger partial charge in [-0.1, -0.05) is 23.8 Å². The van der Waals surface area contributed by atoms with E-state index in [-0.39, 0.29) is 6.04 Å². The third-order valence-electron chi connectivity index (χ3n) is 2.95. The van der Waals surface area contributed by atoms with Gasteiger partial charge in [0, 0.05) is 9.75 Å². The summed E-state index contributed by atoms with van der Waals surface area (Å²) in [6, 6.07) is 10.9. The number of hydrogen-bond acceptors (Lipinski definition) is 3. The molecule has 17 heavy (non-hydrogen) atoms. The Hall–Kier alpha value is -1.16. The number of nitrogens with two attached hydrogens (primary N) is 1. The standard InChI is InChI=1S/C14H18N2S/c1-9-4-6-12(10(2)8-9)14(16-15)13-7-5-11(3)17-13/h4-8,14,16H,15H2,1-3H3. The van der Waals surface area contributed by atoms with Gasteiger partial charge < -0.3 is 0 Å². The van der Waals surface area contributed by atoms with Gasteiger partial charge in [-0.2, -0.15) is 0 Å². The lowest BCUT2D eigenvalue weighted by Gasteiger charge is -2.17. The molecule has 0 fully saturated rings. The highest BCUT2D eigenvalue weighted by atomic mass is 32.1. The van der Waals surface area contributed by atoms with Crippen molar-refractivity contribution in [1.29, 1.82) is 0 Å². The second-order valence-corrected chi connectivity index (χ2v) is 5.73. The first-order valence-corrected chi connectivity index (χ1v) is 6.53. The van der Waals surface area contributed by atoms with E-state index in [1.54, 1.807) is 11.3 Å². The lowest BCUT2D eigenvalue weighted by molar-refractivity contribution is 0.643. The van der Waals surface area contributed by atoms with Crippen LogP contribution in [0.25, 0.3) is 0 Å². The zero-order chi connectivity index (χ0) is 12.4. The quantitative estimate of drug-likeness (QED) is 0.644. The van der Waals surface area contributed by atoms with Crippen LogP contribution in [0, 0.1) is 20.8 Å². The second-order valence-electron chi connectivity index (χ2n) is 4.41. The third kappa shape index (κ3) is 2.57. The highest BCUT2D eigenvalue weighted by Crippen LogP contribution is 2.29. The number of thiophene rings is 1. The Labute approximate surface area is 106 Å². The molecule has 3 N–H and O–H groups in total. The molecule has 0 aliphatic heterocycles. The van der Waals surface area contributed by atoms with Crippen LogP contribution in [0.2, 0.25) is 0 Å². The van der Waals surface area contributed by atoms with E-state index in [0.717, 1.165) is 0 Å². The van der Waals surface area contributed by atoms with Crippen LogP contribution in [-0.4, -0.2) is 0 Å². The predicted molar refractivity (Wildman–Crippen MR) is 74.1 cm³/mol. The normalized spacial score (nSPS) is 12.7. The molecule has 0 aliphatic rings. The van der Waals surface area contributed by atoms with E-state index in [1.165, 1.54) is 26.4 Å². The highest BCUT2D eigenvalue weighted by molar-refractivity contribution is 7.12. The number of aryl methyl sites for hydroxylation is 3. The molecule has 0 bridgehead atoms. The maximum atomic E-state index is 5.71. The Morgan fingerprint density at radius 1 is 1.12 bits per heavy atom. The van der Waals surface area contributed by atoms with Crippen molar-refractivity contribution in [2.75, 3.05) is 0 Å². The number of benzene rings is 1. The number of hydrogen-bond donors (Lipinski definition) is 2. The van der Waals surface area contributed by atoms with Crippen molar-refractivity contribution in [2.24, 2.45) is 5.84 Å². The molecule has 0 spiro atoms. The Morgan fingerprint density at radius 2 is 1.88 bits per heavy atom. The van der Waals surface area contributed by atoms with Crippen LogP contribution in [0.3, 0.4) is 0 Å². The maximum Gasteiger partial charge on any atom is 0.0805 e. The fraction of sp³-hybridized carbons (Fsp3) is 0.286. The van der Waals surface area contributed by atoms with Crippen LogP contribution >= 0.6 is 11.3 Å². The average molecular weight is 246 g/mol. The van der Waals surface area contributed by atoms with E-state index in [4.69, 9.17) is 5.84 Å². The van der Waals surface area contributed by atoms with Crippen molar-refractivity contribution in [3.05, 3.63) is 56.8 Å². The molecule has 0 saturated heterocycles. The second kappa shape index (κ2) is 5.00. The minimum atomic E-state index is 0.0919. The summed E-state index contributed by atoms with van der Waals surface area (Å²) in [5.41, 5.74) is 6.73. The van der Waals surface area contributed by atoms with Gasteiger partial charge in [0.2, 0.25) is 0 Å². The van der Waals surface area contributed by atoms with E-state index in [2.05, 4.69) is 56.5 Å². The zero-order valence-electron chi connectivity index (χ0n) is 10.4. The summed E-state index contributed by atoms with van der Waals surface area (Å²) in [4.78, 5) is 2.57. The minimum absolute atomic E-state index is 0.0919. The molecule has 1 heterocycles. The van der Waals surface area contributed by atoms with Crippen molar-refractivity contribution in [1.82, 2.24) is 5.43 Å². The molecule has 2 aromatic rings. The summed E-state index contributed by atoms with van der Waals surface area (Å²) in [6.07, 6.45) is 0. The highest BCUT2D eigenvalue weighted by Gasteiger charge is 2.16. The topological polar surface area (TPSA) is 38.0 Å². The summed E-state index contributed by atoms with van der Waals surface area (Å²) in [5.74, 6) is 5.71. The lowest BCUT2D eigenvalue weighted by atomic mass is 9.98. The Morgan fingerprint density at radius 3 is 2.41 bits per heavy atom.